The molecule has 1 fully saturated rings. The lowest BCUT2D eigenvalue weighted by Gasteiger charge is -2.29. The van der Waals surface area contributed by atoms with Crippen LogP contribution in [0.25, 0.3) is 0 Å². The Kier molecular flexibility index (Phi) is 5.92. The van der Waals surface area contributed by atoms with Gasteiger partial charge in [-0.25, -0.2) is 0 Å². The maximum Gasteiger partial charge on any atom is 0.349 e. The van der Waals surface area contributed by atoms with Crippen LogP contribution in [0.2, 0.25) is 5.02 Å². The van der Waals surface area contributed by atoms with Crippen LogP contribution in [0.1, 0.15) is 45.5 Å². The summed E-state index contributed by atoms with van der Waals surface area (Å²) < 4.78 is 29.1. The molecule has 0 bridgehead atoms. The van der Waals surface area contributed by atoms with Gasteiger partial charge in [0.1, 0.15) is 6.04 Å². The molecular weight excluding hydrogens is 456 g/mol. The molecule has 1 saturated heterocycles. The van der Waals surface area contributed by atoms with Crippen molar-refractivity contribution in [1.82, 2.24) is 15.5 Å². The van der Waals surface area contributed by atoms with Crippen LogP contribution in [-0.4, -0.2) is 34.6 Å². The number of benzene rings is 2. The average Bonchev–Trinajstić information content (AvgIpc) is 3.09. The van der Waals surface area contributed by atoms with E-state index in [-0.39, 0.29) is 42.8 Å². The Hall–Kier alpha value is -3.33. The maximum absolute atomic E-state index is 14.6. The molecule has 4 rings (SSSR count). The summed E-state index contributed by atoms with van der Waals surface area (Å²) in [6.45, 7) is 1.65. The molecule has 10 heteroatoms. The summed E-state index contributed by atoms with van der Waals surface area (Å²) in [7, 11) is 0. The van der Waals surface area contributed by atoms with Gasteiger partial charge in [-0.15, -0.1) is 0 Å². The zero-order valence-electron chi connectivity index (χ0n) is 17.6. The minimum Gasteiger partial charge on any atom is -0.346 e. The first-order valence-corrected chi connectivity index (χ1v) is 10.6. The van der Waals surface area contributed by atoms with E-state index < -0.39 is 29.3 Å². The molecule has 2 aromatic carbocycles. The Morgan fingerprint density at radius 3 is 2.67 bits per heavy atom. The average molecular weight is 476 g/mol. The van der Waals surface area contributed by atoms with E-state index in [1.807, 2.05) is 0 Å². The van der Waals surface area contributed by atoms with Crippen LogP contribution in [-0.2, 0) is 33.4 Å². The zero-order valence-corrected chi connectivity index (χ0v) is 18.3. The summed E-state index contributed by atoms with van der Waals surface area (Å²) in [5.74, 6) is -6.46. The normalized spacial score (nSPS) is 18.2. The smallest absolute Gasteiger partial charge is 0.346 e. The summed E-state index contributed by atoms with van der Waals surface area (Å²) in [6.07, 6.45) is 0.389. The second-order valence-corrected chi connectivity index (χ2v) is 8.52. The van der Waals surface area contributed by atoms with Crippen LogP contribution in [0.3, 0.4) is 0 Å². The third-order valence-corrected chi connectivity index (χ3v) is 6.27. The van der Waals surface area contributed by atoms with E-state index in [1.54, 1.807) is 25.1 Å². The topological polar surface area (TPSA) is 95.6 Å². The number of piperidine rings is 1. The number of rotatable bonds is 5. The molecule has 1 atom stereocenters. The van der Waals surface area contributed by atoms with E-state index in [2.05, 4.69) is 10.6 Å². The summed E-state index contributed by atoms with van der Waals surface area (Å²) >= 11 is 5.91. The van der Waals surface area contributed by atoms with E-state index in [4.69, 9.17) is 11.6 Å². The number of nitrogens with zero attached hydrogens (tertiary/aromatic N) is 1. The van der Waals surface area contributed by atoms with Crippen molar-refractivity contribution >= 4 is 35.2 Å². The summed E-state index contributed by atoms with van der Waals surface area (Å²) in [6, 6.07) is 7.65. The van der Waals surface area contributed by atoms with Crippen LogP contribution >= 0.6 is 11.6 Å². The molecule has 172 valence electrons. The highest BCUT2D eigenvalue weighted by molar-refractivity contribution is 6.31. The first-order chi connectivity index (χ1) is 15.6. The van der Waals surface area contributed by atoms with Gasteiger partial charge in [-0.1, -0.05) is 35.9 Å². The maximum atomic E-state index is 14.6. The Balaban J connectivity index is 1.44. The van der Waals surface area contributed by atoms with Crippen LogP contribution in [0, 0.1) is 6.92 Å². The van der Waals surface area contributed by atoms with Crippen molar-refractivity contribution in [2.45, 2.75) is 44.8 Å². The number of imide groups is 1. The molecule has 2 N–H and O–H groups in total. The number of hydrogen-bond donors (Lipinski definition) is 2. The van der Waals surface area contributed by atoms with Crippen molar-refractivity contribution in [1.29, 1.82) is 0 Å². The summed E-state index contributed by atoms with van der Waals surface area (Å²) in [5.41, 5.74) is 1.66. The van der Waals surface area contributed by atoms with Crippen molar-refractivity contribution in [2.24, 2.45) is 0 Å². The quantitative estimate of drug-likeness (QED) is 0.650. The molecule has 0 saturated carbocycles. The summed E-state index contributed by atoms with van der Waals surface area (Å²) in [5, 5.41) is 4.60. The van der Waals surface area contributed by atoms with Crippen LogP contribution in [0.15, 0.2) is 36.4 Å². The number of aryl methyl sites for hydroxylation is 1. The number of amides is 4. The van der Waals surface area contributed by atoms with Gasteiger partial charge in [-0.2, -0.15) is 8.78 Å². The number of carbonyl (C=O) groups excluding carboxylic acids is 4. The standard InChI is InChI=1S/C23H20ClF2N3O4/c1-12-2-4-15(9-17(12)24)23(25,26)22(33)27-10-13-3-5-16-14(8-13)11-29(21(16)32)18-6-7-19(30)28-20(18)31/h2-5,8-9,18H,6-7,10-11H2,1H3,(H,27,33)(H,28,30,31). The van der Waals surface area contributed by atoms with Gasteiger partial charge < -0.3 is 10.2 Å². The molecule has 1 unspecified atom stereocenters. The van der Waals surface area contributed by atoms with E-state index in [1.165, 1.54) is 11.0 Å². The molecule has 0 aliphatic carbocycles. The summed E-state index contributed by atoms with van der Waals surface area (Å²) in [4.78, 5) is 49.8. The Morgan fingerprint density at radius 2 is 1.97 bits per heavy atom. The fourth-order valence-corrected chi connectivity index (χ4v) is 4.13. The molecule has 0 spiro atoms. The molecule has 0 aromatic heterocycles. The molecule has 0 radical (unpaired) electrons. The Labute approximate surface area is 193 Å². The van der Waals surface area contributed by atoms with Gasteiger partial charge in [0, 0.05) is 35.7 Å². The molecule has 4 amide bonds. The minimum absolute atomic E-state index is 0.142. The molecule has 2 heterocycles. The Morgan fingerprint density at radius 1 is 1.21 bits per heavy atom. The van der Waals surface area contributed by atoms with Crippen LogP contribution in [0.5, 0.6) is 0 Å². The number of alkyl halides is 2. The van der Waals surface area contributed by atoms with Crippen molar-refractivity contribution in [3.63, 3.8) is 0 Å². The minimum atomic E-state index is -3.77. The van der Waals surface area contributed by atoms with Gasteiger partial charge in [0.2, 0.25) is 11.8 Å². The number of carbonyl (C=O) groups is 4. The SMILES string of the molecule is Cc1ccc(C(F)(F)C(=O)NCc2ccc3c(c2)CN(C2CCC(=O)NC2=O)C3=O)cc1Cl. The van der Waals surface area contributed by atoms with Gasteiger partial charge in [-0.3, -0.25) is 24.5 Å². The number of hydrogen-bond acceptors (Lipinski definition) is 4. The van der Waals surface area contributed by atoms with Crippen molar-refractivity contribution in [3.8, 4) is 0 Å². The van der Waals surface area contributed by atoms with Crippen molar-refractivity contribution < 1.29 is 28.0 Å². The third-order valence-electron chi connectivity index (χ3n) is 5.86. The molecule has 7 nitrogen and oxygen atoms in total. The van der Waals surface area contributed by atoms with Gasteiger partial charge in [0.05, 0.1) is 0 Å². The highest BCUT2D eigenvalue weighted by Crippen LogP contribution is 2.32. The second kappa shape index (κ2) is 8.55. The third kappa shape index (κ3) is 4.32. The van der Waals surface area contributed by atoms with E-state index in [0.717, 1.165) is 12.1 Å². The lowest BCUT2D eigenvalue weighted by Crippen LogP contribution is -2.52. The monoisotopic (exact) mass is 475 g/mol. The lowest BCUT2D eigenvalue weighted by atomic mass is 10.0. The fourth-order valence-electron chi connectivity index (χ4n) is 3.95. The predicted octanol–water partition coefficient (Wildman–Crippen LogP) is 2.82. The molecule has 2 aliphatic rings. The van der Waals surface area contributed by atoms with Crippen molar-refractivity contribution in [3.05, 3.63) is 69.2 Å². The largest absolute Gasteiger partial charge is 0.349 e. The second-order valence-electron chi connectivity index (χ2n) is 8.11. The van der Waals surface area contributed by atoms with Crippen LogP contribution < -0.4 is 10.6 Å². The van der Waals surface area contributed by atoms with Gasteiger partial charge >= 0.3 is 5.92 Å². The highest BCUT2D eigenvalue weighted by Gasteiger charge is 2.41. The molecule has 2 aliphatic heterocycles. The van der Waals surface area contributed by atoms with E-state index in [9.17, 15) is 28.0 Å². The number of nitrogens with one attached hydrogen (secondary N) is 2. The Bertz CT molecular complexity index is 1180. The van der Waals surface area contributed by atoms with Gasteiger partial charge in [0.25, 0.3) is 11.8 Å². The first kappa shape index (κ1) is 22.8. The molecular formula is C23H20ClF2N3O4. The van der Waals surface area contributed by atoms with E-state index in [0.29, 0.717) is 22.3 Å². The van der Waals surface area contributed by atoms with Crippen molar-refractivity contribution in [2.75, 3.05) is 0 Å². The predicted molar refractivity (Wildman–Crippen MR) is 114 cm³/mol. The highest BCUT2D eigenvalue weighted by atomic mass is 35.5. The molecule has 2 aromatic rings. The first-order valence-electron chi connectivity index (χ1n) is 10.3. The fraction of sp³-hybridized carbons (Fsp3) is 0.304. The van der Waals surface area contributed by atoms with E-state index >= 15 is 0 Å². The zero-order chi connectivity index (χ0) is 23.9. The molecule has 33 heavy (non-hydrogen) atoms. The number of halogens is 3. The lowest BCUT2D eigenvalue weighted by molar-refractivity contribution is -0.147. The van der Waals surface area contributed by atoms with Gasteiger partial charge in [-0.05, 0) is 42.2 Å². The number of fused-ring (bicyclic) bond motifs is 1. The van der Waals surface area contributed by atoms with Crippen LogP contribution in [0.4, 0.5) is 8.78 Å². The van der Waals surface area contributed by atoms with Gasteiger partial charge in [0.15, 0.2) is 0 Å².